The second-order valence-corrected chi connectivity index (χ2v) is 4.88. The van der Waals surface area contributed by atoms with E-state index in [9.17, 15) is 19.8 Å². The van der Waals surface area contributed by atoms with Crippen molar-refractivity contribution in [2.24, 2.45) is 5.10 Å². The van der Waals surface area contributed by atoms with Crippen molar-refractivity contribution in [3.8, 4) is 11.5 Å². The van der Waals surface area contributed by atoms with Gasteiger partial charge in [-0.3, -0.25) is 14.8 Å². The zero-order valence-corrected chi connectivity index (χ0v) is 12.9. The summed E-state index contributed by atoms with van der Waals surface area (Å²) in [5, 5.41) is 31.0. The number of benzene rings is 2. The average Bonchev–Trinajstić information content (AvgIpc) is 2.61. The lowest BCUT2D eigenvalue weighted by Crippen LogP contribution is -2.17. The quantitative estimate of drug-likeness (QED) is 0.243. The van der Waals surface area contributed by atoms with Gasteiger partial charge in [0.2, 0.25) is 0 Å². The summed E-state index contributed by atoms with van der Waals surface area (Å²) in [6.07, 6.45) is 3.78. The normalized spacial score (nSPS) is 10.9. The molecule has 2 rings (SSSR count). The molecule has 2 aromatic rings. The van der Waals surface area contributed by atoms with Crippen LogP contribution in [0.3, 0.4) is 0 Å². The summed E-state index contributed by atoms with van der Waals surface area (Å²) < 4.78 is 0. The number of hydrogen-bond acceptors (Lipinski definition) is 6. The summed E-state index contributed by atoms with van der Waals surface area (Å²) in [6.45, 7) is 0. The van der Waals surface area contributed by atoms with Crippen LogP contribution in [0.1, 0.15) is 21.5 Å². The summed E-state index contributed by atoms with van der Waals surface area (Å²) >= 11 is 0. The average molecular weight is 341 g/mol. The third-order valence-corrected chi connectivity index (χ3v) is 3.07. The Balaban J connectivity index is 2.04. The summed E-state index contributed by atoms with van der Waals surface area (Å²) in [5.41, 5.74) is 4.98. The molecule has 0 saturated heterocycles. The van der Waals surface area contributed by atoms with Gasteiger partial charge in [0.1, 0.15) is 11.5 Å². The first-order chi connectivity index (χ1) is 12.0. The van der Waals surface area contributed by atoms with E-state index < -0.39 is 11.8 Å². The lowest BCUT2D eigenvalue weighted by Gasteiger charge is -2.02. The number of phenols is 2. The van der Waals surface area contributed by atoms with Crippen molar-refractivity contribution in [2.45, 2.75) is 0 Å². The minimum absolute atomic E-state index is 0.0848. The fraction of sp³-hybridized carbons (Fsp3) is 0. The van der Waals surface area contributed by atoms with Crippen LogP contribution in [0.4, 0.5) is 0 Å². The predicted molar refractivity (Wildman–Crippen MR) is 90.2 cm³/mol. The summed E-state index contributed by atoms with van der Waals surface area (Å²) in [6, 6.07) is 10.4. The maximum absolute atomic E-state index is 12.0. The minimum atomic E-state index is -0.687. The molecule has 2 amide bonds. The number of carbonyl (C=O) groups is 2. The van der Waals surface area contributed by atoms with Crippen LogP contribution in [-0.4, -0.2) is 33.4 Å². The van der Waals surface area contributed by atoms with Crippen molar-refractivity contribution in [1.82, 2.24) is 10.9 Å². The van der Waals surface area contributed by atoms with Crippen LogP contribution < -0.4 is 10.9 Å². The summed E-state index contributed by atoms with van der Waals surface area (Å²) in [7, 11) is 0. The second kappa shape index (κ2) is 8.27. The van der Waals surface area contributed by atoms with Gasteiger partial charge in [-0.15, -0.1) is 0 Å². The summed E-state index contributed by atoms with van der Waals surface area (Å²) in [5.74, 6) is -1.43. The van der Waals surface area contributed by atoms with Crippen LogP contribution in [-0.2, 0) is 4.79 Å². The number of hydroxylamine groups is 1. The van der Waals surface area contributed by atoms with E-state index in [0.29, 0.717) is 16.7 Å². The molecule has 0 heterocycles. The monoisotopic (exact) mass is 341 g/mol. The minimum Gasteiger partial charge on any atom is -0.508 e. The molecule has 0 aromatic heterocycles. The third-order valence-electron chi connectivity index (χ3n) is 3.07. The predicted octanol–water partition coefficient (Wildman–Crippen LogP) is 1.38. The van der Waals surface area contributed by atoms with E-state index in [1.807, 2.05) is 0 Å². The highest BCUT2D eigenvalue weighted by Crippen LogP contribution is 2.20. The molecule has 0 radical (unpaired) electrons. The van der Waals surface area contributed by atoms with Crippen LogP contribution in [0, 0.1) is 0 Å². The maximum atomic E-state index is 12.0. The number of rotatable bonds is 5. The van der Waals surface area contributed by atoms with Gasteiger partial charge < -0.3 is 10.2 Å². The van der Waals surface area contributed by atoms with Crippen molar-refractivity contribution in [3.63, 3.8) is 0 Å². The van der Waals surface area contributed by atoms with E-state index in [4.69, 9.17) is 5.21 Å². The lowest BCUT2D eigenvalue weighted by molar-refractivity contribution is -0.124. The van der Waals surface area contributed by atoms with E-state index in [1.165, 1.54) is 36.0 Å². The van der Waals surface area contributed by atoms with Gasteiger partial charge in [0.25, 0.3) is 11.8 Å². The van der Waals surface area contributed by atoms with Crippen molar-refractivity contribution >= 4 is 24.1 Å². The van der Waals surface area contributed by atoms with Crippen molar-refractivity contribution in [3.05, 3.63) is 65.2 Å². The molecular formula is C17H15N3O5. The van der Waals surface area contributed by atoms with Crippen LogP contribution in [0.25, 0.3) is 6.08 Å². The molecule has 0 aliphatic rings. The highest BCUT2D eigenvalue weighted by molar-refractivity contribution is 5.96. The fourth-order valence-corrected chi connectivity index (χ4v) is 1.86. The lowest BCUT2D eigenvalue weighted by atomic mass is 10.1. The molecule has 5 N–H and O–H groups in total. The maximum Gasteiger partial charge on any atom is 0.271 e. The highest BCUT2D eigenvalue weighted by atomic mass is 16.5. The van der Waals surface area contributed by atoms with E-state index in [-0.39, 0.29) is 11.5 Å². The molecule has 0 aliphatic carbocycles. The van der Waals surface area contributed by atoms with Crippen molar-refractivity contribution in [2.75, 3.05) is 0 Å². The zero-order valence-electron chi connectivity index (χ0n) is 12.9. The van der Waals surface area contributed by atoms with Gasteiger partial charge in [0.15, 0.2) is 0 Å². The number of amides is 2. The Hall–Kier alpha value is -3.65. The van der Waals surface area contributed by atoms with Gasteiger partial charge in [0, 0.05) is 23.3 Å². The second-order valence-electron chi connectivity index (χ2n) is 4.88. The van der Waals surface area contributed by atoms with Crippen molar-refractivity contribution < 1.29 is 25.0 Å². The Morgan fingerprint density at radius 2 is 1.88 bits per heavy atom. The molecule has 0 aliphatic heterocycles. The first-order valence-corrected chi connectivity index (χ1v) is 7.07. The molecular weight excluding hydrogens is 326 g/mol. The molecule has 8 heteroatoms. The molecule has 0 spiro atoms. The van der Waals surface area contributed by atoms with Crippen LogP contribution in [0.5, 0.6) is 11.5 Å². The van der Waals surface area contributed by atoms with Gasteiger partial charge in [-0.2, -0.15) is 5.10 Å². The number of phenolic OH excluding ortho intramolecular Hbond substituents is 2. The van der Waals surface area contributed by atoms with E-state index in [1.54, 1.807) is 18.2 Å². The number of hydrazone groups is 1. The van der Waals surface area contributed by atoms with Gasteiger partial charge in [-0.1, -0.05) is 12.1 Å². The Kier molecular flexibility index (Phi) is 5.86. The standard InChI is InChI=1S/C17H15N3O5/c21-14-6-5-13(15(22)9-14)10-18-19-17(24)12-3-1-2-11(8-12)4-7-16(23)20-25/h1-10,21-22,25H,(H,19,24)(H,20,23). The SMILES string of the molecule is O=C(C=Cc1cccc(C(=O)NN=Cc2ccc(O)cc2O)c1)NO. The van der Waals surface area contributed by atoms with E-state index in [2.05, 4.69) is 10.5 Å². The molecule has 0 bridgehead atoms. The first kappa shape index (κ1) is 17.7. The largest absolute Gasteiger partial charge is 0.508 e. The molecule has 2 aromatic carbocycles. The Morgan fingerprint density at radius 3 is 2.60 bits per heavy atom. The van der Waals surface area contributed by atoms with Crippen molar-refractivity contribution in [1.29, 1.82) is 0 Å². The van der Waals surface area contributed by atoms with Crippen LogP contribution in [0.2, 0.25) is 0 Å². The topological polar surface area (TPSA) is 131 Å². The molecule has 8 nitrogen and oxygen atoms in total. The van der Waals surface area contributed by atoms with Gasteiger partial charge >= 0.3 is 0 Å². The number of nitrogens with one attached hydrogen (secondary N) is 2. The molecule has 0 atom stereocenters. The first-order valence-electron chi connectivity index (χ1n) is 7.07. The summed E-state index contributed by atoms with van der Waals surface area (Å²) in [4.78, 5) is 23.0. The Bertz CT molecular complexity index is 846. The number of hydrogen-bond donors (Lipinski definition) is 5. The number of carbonyl (C=O) groups excluding carboxylic acids is 2. The van der Waals surface area contributed by atoms with Gasteiger partial charge in [0.05, 0.1) is 6.21 Å². The zero-order chi connectivity index (χ0) is 18.2. The highest BCUT2D eigenvalue weighted by Gasteiger charge is 2.05. The molecule has 0 unspecified atom stereocenters. The van der Waals surface area contributed by atoms with Gasteiger partial charge in [-0.05, 0) is 35.9 Å². The third kappa shape index (κ3) is 5.19. The van der Waals surface area contributed by atoms with Crippen LogP contribution in [0.15, 0.2) is 53.6 Å². The van der Waals surface area contributed by atoms with Gasteiger partial charge in [-0.25, -0.2) is 10.9 Å². The van der Waals surface area contributed by atoms with Crippen LogP contribution >= 0.6 is 0 Å². The molecule has 0 fully saturated rings. The molecule has 128 valence electrons. The number of aromatic hydroxyl groups is 2. The molecule has 0 saturated carbocycles. The Morgan fingerprint density at radius 1 is 1.08 bits per heavy atom. The fourth-order valence-electron chi connectivity index (χ4n) is 1.86. The van der Waals surface area contributed by atoms with E-state index in [0.717, 1.165) is 12.1 Å². The molecule has 25 heavy (non-hydrogen) atoms. The Labute approximate surface area is 142 Å². The smallest absolute Gasteiger partial charge is 0.271 e. The number of nitrogens with zero attached hydrogens (tertiary/aromatic N) is 1. The van der Waals surface area contributed by atoms with E-state index >= 15 is 0 Å².